The lowest BCUT2D eigenvalue weighted by Gasteiger charge is -2.08. The van der Waals surface area contributed by atoms with Crippen LogP contribution in [-0.4, -0.2) is 4.98 Å². The summed E-state index contributed by atoms with van der Waals surface area (Å²) in [6.45, 7) is 1.85. The normalized spacial score (nSPS) is 10.5. The first-order chi connectivity index (χ1) is 8.47. The molecule has 94 valence electrons. The van der Waals surface area contributed by atoms with Crippen LogP contribution in [0.3, 0.4) is 0 Å². The number of hydrogen-bond acceptors (Lipinski definition) is 2. The molecular weight excluding hydrogens is 309 g/mol. The predicted octanol–water partition coefficient (Wildman–Crippen LogP) is 4.31. The third-order valence-corrected chi connectivity index (χ3v) is 3.20. The second kappa shape index (κ2) is 4.97. The molecule has 0 amide bonds. The van der Waals surface area contributed by atoms with Gasteiger partial charge in [0.25, 0.3) is 5.95 Å². The fourth-order valence-electron chi connectivity index (χ4n) is 1.39. The Hall–Kier alpha value is -1.56. The van der Waals surface area contributed by atoms with E-state index in [0.717, 1.165) is 10.0 Å². The van der Waals surface area contributed by atoms with Crippen molar-refractivity contribution < 1.29 is 13.2 Å². The predicted molar refractivity (Wildman–Crippen MR) is 66.3 cm³/mol. The highest BCUT2D eigenvalue weighted by Gasteiger charge is 2.11. The van der Waals surface area contributed by atoms with Crippen LogP contribution < -0.4 is 5.32 Å². The Balaban J connectivity index is 2.34. The van der Waals surface area contributed by atoms with Crippen molar-refractivity contribution in [2.45, 2.75) is 6.92 Å². The molecule has 0 bridgehead atoms. The number of rotatable bonds is 2. The number of pyridine rings is 1. The van der Waals surface area contributed by atoms with Gasteiger partial charge in [0.2, 0.25) is 0 Å². The SMILES string of the molecule is Cc1cc(Nc2nc(F)c(F)cc2F)ccc1Br. The summed E-state index contributed by atoms with van der Waals surface area (Å²) in [6, 6.07) is 5.61. The van der Waals surface area contributed by atoms with E-state index in [4.69, 9.17) is 0 Å². The molecule has 0 atom stereocenters. The second-order valence-electron chi connectivity index (χ2n) is 3.68. The maximum absolute atomic E-state index is 13.4. The fraction of sp³-hybridized carbons (Fsp3) is 0.0833. The molecule has 2 aromatic rings. The van der Waals surface area contributed by atoms with Gasteiger partial charge < -0.3 is 5.32 Å². The van der Waals surface area contributed by atoms with Crippen molar-refractivity contribution in [1.82, 2.24) is 4.98 Å². The second-order valence-corrected chi connectivity index (χ2v) is 4.53. The van der Waals surface area contributed by atoms with Crippen LogP contribution in [0.5, 0.6) is 0 Å². The lowest BCUT2D eigenvalue weighted by Crippen LogP contribution is -2.01. The van der Waals surface area contributed by atoms with Crippen LogP contribution in [0.15, 0.2) is 28.7 Å². The molecule has 0 fully saturated rings. The summed E-state index contributed by atoms with van der Waals surface area (Å²) < 4.78 is 39.9. The van der Waals surface area contributed by atoms with E-state index < -0.39 is 17.6 Å². The minimum atomic E-state index is -1.34. The van der Waals surface area contributed by atoms with Crippen molar-refractivity contribution in [3.05, 3.63) is 51.9 Å². The quantitative estimate of drug-likeness (QED) is 0.835. The van der Waals surface area contributed by atoms with Crippen LogP contribution in [0.2, 0.25) is 0 Å². The van der Waals surface area contributed by atoms with E-state index in [1.54, 1.807) is 18.2 Å². The number of benzene rings is 1. The number of anilines is 2. The monoisotopic (exact) mass is 316 g/mol. The molecule has 2 nitrogen and oxygen atoms in total. The highest BCUT2D eigenvalue weighted by atomic mass is 79.9. The molecule has 1 aromatic heterocycles. The van der Waals surface area contributed by atoms with Crippen LogP contribution in [0.25, 0.3) is 0 Å². The zero-order chi connectivity index (χ0) is 13.3. The molecule has 0 aliphatic heterocycles. The molecule has 0 saturated heterocycles. The molecule has 1 N–H and O–H groups in total. The van der Waals surface area contributed by atoms with Crippen LogP contribution in [0.4, 0.5) is 24.7 Å². The summed E-state index contributed by atoms with van der Waals surface area (Å²) in [5.41, 5.74) is 1.45. The van der Waals surface area contributed by atoms with Crippen molar-refractivity contribution in [2.24, 2.45) is 0 Å². The van der Waals surface area contributed by atoms with E-state index in [9.17, 15) is 13.2 Å². The van der Waals surface area contributed by atoms with Gasteiger partial charge in [0, 0.05) is 16.2 Å². The molecule has 0 saturated carbocycles. The van der Waals surface area contributed by atoms with Gasteiger partial charge >= 0.3 is 0 Å². The third kappa shape index (κ3) is 2.64. The smallest absolute Gasteiger partial charge is 0.251 e. The van der Waals surface area contributed by atoms with E-state index in [2.05, 4.69) is 26.2 Å². The van der Waals surface area contributed by atoms with Gasteiger partial charge in [0.15, 0.2) is 17.5 Å². The van der Waals surface area contributed by atoms with Gasteiger partial charge in [-0.25, -0.2) is 8.78 Å². The fourth-order valence-corrected chi connectivity index (χ4v) is 1.64. The number of nitrogens with one attached hydrogen (secondary N) is 1. The van der Waals surface area contributed by atoms with Gasteiger partial charge in [-0.3, -0.25) is 0 Å². The topological polar surface area (TPSA) is 24.9 Å². The van der Waals surface area contributed by atoms with Gasteiger partial charge in [-0.2, -0.15) is 9.37 Å². The van der Waals surface area contributed by atoms with Crippen molar-refractivity contribution in [3.63, 3.8) is 0 Å². The summed E-state index contributed by atoms with van der Waals surface area (Å²) in [5, 5.41) is 2.59. The summed E-state index contributed by atoms with van der Waals surface area (Å²) in [7, 11) is 0. The Morgan fingerprint density at radius 3 is 2.50 bits per heavy atom. The highest BCUT2D eigenvalue weighted by molar-refractivity contribution is 9.10. The maximum atomic E-state index is 13.4. The van der Waals surface area contributed by atoms with Gasteiger partial charge in [0.05, 0.1) is 0 Å². The minimum absolute atomic E-state index is 0.351. The van der Waals surface area contributed by atoms with Crippen molar-refractivity contribution >= 4 is 27.4 Å². The molecule has 0 aliphatic rings. The highest BCUT2D eigenvalue weighted by Crippen LogP contribution is 2.24. The average Bonchev–Trinajstić information content (AvgIpc) is 2.31. The average molecular weight is 317 g/mol. The van der Waals surface area contributed by atoms with E-state index in [-0.39, 0.29) is 5.82 Å². The Morgan fingerprint density at radius 2 is 1.83 bits per heavy atom. The zero-order valence-electron chi connectivity index (χ0n) is 9.27. The Bertz CT molecular complexity index is 602. The van der Waals surface area contributed by atoms with Crippen molar-refractivity contribution in [3.8, 4) is 0 Å². The Labute approximate surface area is 110 Å². The van der Waals surface area contributed by atoms with Crippen molar-refractivity contribution in [1.29, 1.82) is 0 Å². The maximum Gasteiger partial charge on any atom is 0.251 e. The first-order valence-electron chi connectivity index (χ1n) is 5.02. The third-order valence-electron chi connectivity index (χ3n) is 2.31. The first-order valence-corrected chi connectivity index (χ1v) is 5.81. The molecular formula is C12H8BrF3N2. The minimum Gasteiger partial charge on any atom is -0.338 e. The number of aryl methyl sites for hydroxylation is 1. The molecule has 1 heterocycles. The van der Waals surface area contributed by atoms with Gasteiger partial charge in [-0.15, -0.1) is 0 Å². The first kappa shape index (κ1) is 12.9. The van der Waals surface area contributed by atoms with Gasteiger partial charge in [-0.05, 0) is 30.7 Å². The van der Waals surface area contributed by atoms with E-state index >= 15 is 0 Å². The largest absolute Gasteiger partial charge is 0.338 e. The van der Waals surface area contributed by atoms with Crippen LogP contribution in [0.1, 0.15) is 5.56 Å². The van der Waals surface area contributed by atoms with Crippen LogP contribution in [-0.2, 0) is 0 Å². The van der Waals surface area contributed by atoms with Crippen molar-refractivity contribution in [2.75, 3.05) is 5.32 Å². The Kier molecular flexibility index (Phi) is 3.56. The lowest BCUT2D eigenvalue weighted by molar-refractivity contribution is 0.467. The van der Waals surface area contributed by atoms with E-state index in [0.29, 0.717) is 11.8 Å². The van der Waals surface area contributed by atoms with E-state index in [1.165, 1.54) is 0 Å². The molecule has 0 aliphatic carbocycles. The standard InChI is InChI=1S/C12H8BrF3N2/c1-6-4-7(2-3-8(6)13)17-12-10(15)5-9(14)11(16)18-12/h2-5H,1H3,(H,17,18). The molecule has 0 radical (unpaired) electrons. The molecule has 6 heteroatoms. The van der Waals surface area contributed by atoms with Crippen LogP contribution >= 0.6 is 15.9 Å². The van der Waals surface area contributed by atoms with Gasteiger partial charge in [0.1, 0.15) is 0 Å². The van der Waals surface area contributed by atoms with E-state index in [1.807, 2.05) is 6.92 Å². The molecule has 18 heavy (non-hydrogen) atoms. The summed E-state index contributed by atoms with van der Waals surface area (Å²) >= 11 is 3.32. The molecule has 1 aromatic carbocycles. The summed E-state index contributed by atoms with van der Waals surface area (Å²) in [4.78, 5) is 3.18. The summed E-state index contributed by atoms with van der Waals surface area (Å²) in [6.07, 6.45) is 0. The Morgan fingerprint density at radius 1 is 1.11 bits per heavy atom. The molecule has 0 unspecified atom stereocenters. The molecule has 2 rings (SSSR count). The van der Waals surface area contributed by atoms with Crippen LogP contribution in [0, 0.1) is 24.5 Å². The van der Waals surface area contributed by atoms with Gasteiger partial charge in [-0.1, -0.05) is 15.9 Å². The zero-order valence-corrected chi connectivity index (χ0v) is 10.9. The lowest BCUT2D eigenvalue weighted by atomic mass is 10.2. The molecule has 0 spiro atoms. The number of hydrogen-bond donors (Lipinski definition) is 1. The number of halogens is 4. The number of nitrogens with zero attached hydrogens (tertiary/aromatic N) is 1. The summed E-state index contributed by atoms with van der Waals surface area (Å²) in [5.74, 6) is -3.96. The number of aromatic nitrogens is 1.